The molecule has 1 aliphatic carbocycles. The highest BCUT2D eigenvalue weighted by Crippen LogP contribution is 2.38. The average Bonchev–Trinajstić information content (AvgIpc) is 3.25. The van der Waals surface area contributed by atoms with Gasteiger partial charge in [-0.05, 0) is 23.8 Å². The van der Waals surface area contributed by atoms with E-state index >= 15 is 0 Å². The molecule has 1 aromatic carbocycles. The van der Waals surface area contributed by atoms with Crippen LogP contribution in [0.4, 0.5) is 5.13 Å². The smallest absolute Gasteiger partial charge is 0.260 e. The summed E-state index contributed by atoms with van der Waals surface area (Å²) < 4.78 is 1.86. The number of rotatable bonds is 5. The molecule has 0 saturated carbocycles. The van der Waals surface area contributed by atoms with Crippen LogP contribution in [0.3, 0.4) is 0 Å². The van der Waals surface area contributed by atoms with Crippen molar-refractivity contribution < 1.29 is 9.59 Å². The summed E-state index contributed by atoms with van der Waals surface area (Å²) in [5.41, 5.74) is 3.26. The van der Waals surface area contributed by atoms with Gasteiger partial charge in [-0.3, -0.25) is 19.6 Å². The lowest BCUT2D eigenvalue weighted by Gasteiger charge is -2.26. The minimum atomic E-state index is -0.237. The molecule has 0 fully saturated rings. The number of thiazole rings is 1. The van der Waals surface area contributed by atoms with Crippen molar-refractivity contribution in [1.29, 1.82) is 0 Å². The number of hydrogen-bond donors (Lipinski definition) is 1. The Kier molecular flexibility index (Phi) is 5.08. The van der Waals surface area contributed by atoms with Crippen molar-refractivity contribution in [3.8, 4) is 0 Å². The van der Waals surface area contributed by atoms with Gasteiger partial charge < -0.3 is 0 Å². The van der Waals surface area contributed by atoms with Crippen LogP contribution in [0.15, 0.2) is 36.5 Å². The van der Waals surface area contributed by atoms with E-state index < -0.39 is 0 Å². The summed E-state index contributed by atoms with van der Waals surface area (Å²) in [6, 6.07) is 10.0. The lowest BCUT2D eigenvalue weighted by atomic mass is 9.78. The van der Waals surface area contributed by atoms with E-state index in [-0.39, 0.29) is 17.1 Å². The Morgan fingerprint density at radius 1 is 1.24 bits per heavy atom. The fourth-order valence-electron chi connectivity index (χ4n) is 3.80. The zero-order chi connectivity index (χ0) is 20.6. The van der Waals surface area contributed by atoms with Gasteiger partial charge in [0.25, 0.3) is 5.91 Å². The van der Waals surface area contributed by atoms with Gasteiger partial charge in [0.05, 0.1) is 34.6 Å². The second kappa shape index (κ2) is 7.55. The van der Waals surface area contributed by atoms with Crippen LogP contribution in [0, 0.1) is 5.41 Å². The van der Waals surface area contributed by atoms with Crippen molar-refractivity contribution in [2.75, 3.05) is 5.32 Å². The predicted molar refractivity (Wildman–Crippen MR) is 114 cm³/mol. The lowest BCUT2D eigenvalue weighted by Crippen LogP contribution is -2.26. The van der Waals surface area contributed by atoms with Crippen LogP contribution in [0.1, 0.15) is 64.2 Å². The van der Waals surface area contributed by atoms with Crippen LogP contribution in [0.25, 0.3) is 0 Å². The Bertz CT molecular complexity index is 1070. The van der Waals surface area contributed by atoms with Crippen molar-refractivity contribution in [2.24, 2.45) is 5.41 Å². The molecule has 0 atom stereocenters. The largest absolute Gasteiger partial charge is 0.298 e. The van der Waals surface area contributed by atoms with Gasteiger partial charge in [-0.2, -0.15) is 5.10 Å². The minimum Gasteiger partial charge on any atom is -0.298 e. The molecule has 150 valence electrons. The van der Waals surface area contributed by atoms with Gasteiger partial charge >= 0.3 is 0 Å². The summed E-state index contributed by atoms with van der Waals surface area (Å²) in [6.45, 7) is 6.77. The van der Waals surface area contributed by atoms with E-state index in [4.69, 9.17) is 0 Å². The first-order valence-corrected chi connectivity index (χ1v) is 10.6. The number of nitrogens with zero attached hydrogens (tertiary/aromatic N) is 3. The molecule has 0 aliphatic heterocycles. The molecule has 0 spiro atoms. The highest BCUT2D eigenvalue weighted by molar-refractivity contribution is 7.17. The Morgan fingerprint density at radius 2 is 2.00 bits per heavy atom. The Morgan fingerprint density at radius 3 is 2.72 bits per heavy atom. The van der Waals surface area contributed by atoms with Gasteiger partial charge in [0.2, 0.25) is 0 Å². The number of anilines is 1. The minimum absolute atomic E-state index is 0.0899. The zero-order valence-electron chi connectivity index (χ0n) is 16.9. The molecule has 0 unspecified atom stereocenters. The third kappa shape index (κ3) is 4.00. The number of nitrogens with one attached hydrogen (secondary N) is 1. The number of fused-ring (bicyclic) bond motifs is 1. The van der Waals surface area contributed by atoms with Gasteiger partial charge in [-0.15, -0.1) is 0 Å². The van der Waals surface area contributed by atoms with E-state index in [1.807, 2.05) is 41.9 Å². The van der Waals surface area contributed by atoms with Crippen LogP contribution in [0.5, 0.6) is 0 Å². The van der Waals surface area contributed by atoms with E-state index in [0.29, 0.717) is 35.0 Å². The Balaban J connectivity index is 1.55. The van der Waals surface area contributed by atoms with Crippen LogP contribution >= 0.6 is 11.3 Å². The molecule has 2 heterocycles. The van der Waals surface area contributed by atoms with Gasteiger partial charge in [0.15, 0.2) is 10.9 Å². The van der Waals surface area contributed by atoms with Crippen molar-refractivity contribution in [3.63, 3.8) is 0 Å². The Hall–Kier alpha value is -2.80. The second-order valence-corrected chi connectivity index (χ2v) is 9.19. The van der Waals surface area contributed by atoms with Crippen molar-refractivity contribution >= 4 is 28.2 Å². The maximum atomic E-state index is 12.9. The molecular formula is C22H24N4O2S. The number of carbonyl (C=O) groups excluding carboxylic acids is 2. The summed E-state index contributed by atoms with van der Waals surface area (Å²) in [5, 5.41) is 7.78. The molecule has 4 rings (SSSR count). The number of benzene rings is 1. The molecule has 1 amide bonds. The number of hydrogen-bond acceptors (Lipinski definition) is 5. The van der Waals surface area contributed by atoms with E-state index in [0.717, 1.165) is 23.4 Å². The summed E-state index contributed by atoms with van der Waals surface area (Å²) in [7, 11) is 0. The van der Waals surface area contributed by atoms with E-state index in [2.05, 4.69) is 29.2 Å². The monoisotopic (exact) mass is 408 g/mol. The van der Waals surface area contributed by atoms with Gasteiger partial charge in [-0.1, -0.05) is 62.4 Å². The van der Waals surface area contributed by atoms with Crippen LogP contribution in [0.2, 0.25) is 0 Å². The Labute approximate surface area is 174 Å². The van der Waals surface area contributed by atoms with Gasteiger partial charge in [0, 0.05) is 6.42 Å². The van der Waals surface area contributed by atoms with Crippen LogP contribution < -0.4 is 5.32 Å². The summed E-state index contributed by atoms with van der Waals surface area (Å²) in [4.78, 5) is 30.5. The fourth-order valence-corrected chi connectivity index (χ4v) is 4.72. The first-order valence-electron chi connectivity index (χ1n) is 9.79. The first-order chi connectivity index (χ1) is 13.9. The molecule has 1 N–H and O–H groups in total. The molecule has 7 heteroatoms. The van der Waals surface area contributed by atoms with Crippen LogP contribution in [-0.2, 0) is 19.4 Å². The molecule has 0 saturated heterocycles. The summed E-state index contributed by atoms with van der Waals surface area (Å²) >= 11 is 1.27. The quantitative estimate of drug-likeness (QED) is 0.681. The van der Waals surface area contributed by atoms with Crippen LogP contribution in [-0.4, -0.2) is 26.5 Å². The van der Waals surface area contributed by atoms with Gasteiger partial charge in [0.1, 0.15) is 0 Å². The fraction of sp³-hybridized carbons (Fsp3) is 0.364. The van der Waals surface area contributed by atoms with E-state index in [1.165, 1.54) is 11.3 Å². The first kappa shape index (κ1) is 19.5. The molecule has 0 radical (unpaired) electrons. The maximum Gasteiger partial charge on any atom is 0.260 e. The van der Waals surface area contributed by atoms with E-state index in [9.17, 15) is 9.59 Å². The lowest BCUT2D eigenvalue weighted by molar-refractivity contribution is 0.0915. The average molecular weight is 409 g/mol. The number of Topliss-reactive ketones (excluding diaryl/α,β-unsaturated/α-hetero) is 1. The maximum absolute atomic E-state index is 12.9. The highest BCUT2D eigenvalue weighted by atomic mass is 32.1. The molecule has 3 aromatic rings. The van der Waals surface area contributed by atoms with Crippen molar-refractivity contribution in [1.82, 2.24) is 14.8 Å². The van der Waals surface area contributed by atoms with E-state index in [1.54, 1.807) is 6.20 Å². The topological polar surface area (TPSA) is 76.9 Å². The van der Waals surface area contributed by atoms with Crippen molar-refractivity contribution in [3.05, 3.63) is 63.9 Å². The number of aromatic nitrogens is 3. The predicted octanol–water partition coefficient (Wildman–Crippen LogP) is 4.36. The van der Waals surface area contributed by atoms with Gasteiger partial charge in [-0.25, -0.2) is 4.98 Å². The number of ketones is 1. The zero-order valence-corrected chi connectivity index (χ0v) is 17.7. The van der Waals surface area contributed by atoms with Crippen molar-refractivity contribution in [2.45, 2.75) is 46.6 Å². The second-order valence-electron chi connectivity index (χ2n) is 8.19. The third-order valence-corrected chi connectivity index (χ3v) is 6.21. The summed E-state index contributed by atoms with van der Waals surface area (Å²) in [5.74, 6) is -0.127. The molecule has 0 bridgehead atoms. The molecule has 1 aliphatic rings. The summed E-state index contributed by atoms with van der Waals surface area (Å²) in [6.07, 6.45) is 3.56. The molecular weight excluding hydrogens is 384 g/mol. The number of amides is 1. The molecule has 6 nitrogen and oxygen atoms in total. The molecule has 2 aromatic heterocycles. The third-order valence-electron chi connectivity index (χ3n) is 5.16. The normalized spacial score (nSPS) is 15.2. The highest BCUT2D eigenvalue weighted by Gasteiger charge is 2.34. The SMILES string of the molecule is CCc1c(C(=O)Nc2nc3c(s2)C(=O)CC(C)(C)C3)cnn1Cc1ccccc1. The standard InChI is InChI=1S/C22H24N4O2S/c1-4-17-15(12-23-26(17)13-14-8-6-5-7-9-14)20(28)25-21-24-16-10-22(2,3)11-18(27)19(16)29-21/h5-9,12H,4,10-11,13H2,1-3H3,(H,24,25,28). The molecule has 29 heavy (non-hydrogen) atoms. The number of carbonyl (C=O) groups is 2.